The van der Waals surface area contributed by atoms with Gasteiger partial charge in [0.1, 0.15) is 16.0 Å². The van der Waals surface area contributed by atoms with Crippen molar-refractivity contribution in [2.75, 3.05) is 31.6 Å². The first kappa shape index (κ1) is 26.2. The normalized spacial score (nSPS) is 15.9. The Morgan fingerprint density at radius 1 is 1.21 bits per heavy atom. The number of sulfonamides is 1. The zero-order valence-corrected chi connectivity index (χ0v) is 22.7. The number of nitrogens with zero attached hydrogens (tertiary/aromatic N) is 2. The van der Waals surface area contributed by atoms with E-state index < -0.39 is 10.0 Å². The van der Waals surface area contributed by atoms with Gasteiger partial charge in [-0.3, -0.25) is 14.2 Å². The Balaban J connectivity index is 1.39. The van der Waals surface area contributed by atoms with Gasteiger partial charge in [-0.25, -0.2) is 8.42 Å². The largest absolute Gasteiger partial charge is 0.496 e. The first-order valence-corrected chi connectivity index (χ1v) is 14.4. The van der Waals surface area contributed by atoms with Crippen LogP contribution in [0.2, 0.25) is 0 Å². The van der Waals surface area contributed by atoms with Gasteiger partial charge in [0.2, 0.25) is 5.91 Å². The molecule has 5 rings (SSSR count). The zero-order chi connectivity index (χ0) is 26.7. The molecule has 1 saturated heterocycles. The van der Waals surface area contributed by atoms with Gasteiger partial charge in [0.25, 0.3) is 10.0 Å². The zero-order valence-electron chi connectivity index (χ0n) is 21.1. The third-order valence-corrected chi connectivity index (χ3v) is 9.03. The van der Waals surface area contributed by atoms with Crippen molar-refractivity contribution < 1.29 is 22.7 Å². The molecule has 0 bridgehead atoms. The van der Waals surface area contributed by atoms with Crippen LogP contribution < -0.4 is 20.1 Å². The van der Waals surface area contributed by atoms with Crippen molar-refractivity contribution in [2.24, 2.45) is 0 Å². The van der Waals surface area contributed by atoms with Crippen molar-refractivity contribution in [1.29, 1.82) is 0 Å². The number of benzene rings is 2. The average molecular weight is 556 g/mol. The SMILES string of the molecule is COc1cccc2c1c(NS(=O)(=O)c1ccc(C)s1)nn2Cc1cccc(CNC(=O)[C@@H]2COCCN2)c1. The minimum atomic E-state index is -3.82. The molecular formula is C26H29N5O5S2. The maximum atomic E-state index is 13.1. The highest BCUT2D eigenvalue weighted by Crippen LogP contribution is 2.34. The van der Waals surface area contributed by atoms with Gasteiger partial charge in [-0.2, -0.15) is 5.10 Å². The van der Waals surface area contributed by atoms with Crippen LogP contribution in [0.15, 0.2) is 58.8 Å². The van der Waals surface area contributed by atoms with E-state index in [2.05, 4.69) is 20.5 Å². The standard InChI is InChI=1S/C26H29N5O5S2/c1-17-9-10-23(37-17)38(33,34)30-25-24-21(7-4-8-22(24)35-2)31(29-25)15-19-6-3-5-18(13-19)14-28-26(32)20-16-36-12-11-27-20/h3-10,13,20,27H,11-12,14-16H2,1-2H3,(H,28,32)(H,29,30)/t20-/m0/s1. The van der Waals surface area contributed by atoms with E-state index in [0.29, 0.717) is 44.0 Å². The number of amides is 1. The summed E-state index contributed by atoms with van der Waals surface area (Å²) in [7, 11) is -2.28. The van der Waals surface area contributed by atoms with Gasteiger partial charge in [-0.1, -0.05) is 30.3 Å². The highest BCUT2D eigenvalue weighted by molar-refractivity contribution is 7.94. The van der Waals surface area contributed by atoms with Crippen LogP contribution in [-0.4, -0.2) is 57.0 Å². The molecule has 1 aliphatic rings. The summed E-state index contributed by atoms with van der Waals surface area (Å²) >= 11 is 1.20. The number of methoxy groups -OCH3 is 1. The van der Waals surface area contributed by atoms with Crippen LogP contribution in [0.5, 0.6) is 5.75 Å². The number of fused-ring (bicyclic) bond motifs is 1. The van der Waals surface area contributed by atoms with E-state index in [9.17, 15) is 13.2 Å². The molecule has 3 heterocycles. The molecule has 0 spiro atoms. The summed E-state index contributed by atoms with van der Waals surface area (Å²) in [6.07, 6.45) is 0. The minimum absolute atomic E-state index is 0.0990. The fourth-order valence-electron chi connectivity index (χ4n) is 4.35. The molecule has 1 fully saturated rings. The van der Waals surface area contributed by atoms with Gasteiger partial charge in [0.15, 0.2) is 5.82 Å². The Morgan fingerprint density at radius 3 is 2.76 bits per heavy atom. The molecular weight excluding hydrogens is 526 g/mol. The van der Waals surface area contributed by atoms with Crippen LogP contribution in [-0.2, 0) is 32.6 Å². The monoisotopic (exact) mass is 555 g/mol. The van der Waals surface area contributed by atoms with Crippen molar-refractivity contribution in [3.8, 4) is 5.75 Å². The van der Waals surface area contributed by atoms with Crippen molar-refractivity contribution in [1.82, 2.24) is 20.4 Å². The quantitative estimate of drug-likeness (QED) is 0.290. The number of hydrogen-bond donors (Lipinski definition) is 3. The summed E-state index contributed by atoms with van der Waals surface area (Å²) in [6, 6.07) is 16.3. The molecule has 0 aliphatic carbocycles. The smallest absolute Gasteiger partial charge is 0.272 e. The molecule has 10 nitrogen and oxygen atoms in total. The van der Waals surface area contributed by atoms with Crippen molar-refractivity contribution in [2.45, 2.75) is 30.3 Å². The van der Waals surface area contributed by atoms with Crippen molar-refractivity contribution in [3.05, 3.63) is 70.6 Å². The van der Waals surface area contributed by atoms with E-state index in [4.69, 9.17) is 9.47 Å². The number of carbonyl (C=O) groups excluding carboxylic acids is 1. The molecule has 0 saturated carbocycles. The Hall–Kier alpha value is -3.45. The maximum absolute atomic E-state index is 13.1. The molecule has 38 heavy (non-hydrogen) atoms. The summed E-state index contributed by atoms with van der Waals surface area (Å²) in [5.74, 6) is 0.623. The summed E-state index contributed by atoms with van der Waals surface area (Å²) in [4.78, 5) is 13.3. The van der Waals surface area contributed by atoms with Gasteiger partial charge in [-0.15, -0.1) is 11.3 Å². The van der Waals surface area contributed by atoms with E-state index in [-0.39, 0.29) is 22.0 Å². The third-order valence-electron chi connectivity index (χ3n) is 6.20. The number of rotatable bonds is 9. The van der Waals surface area contributed by atoms with E-state index in [1.807, 2.05) is 43.3 Å². The molecule has 1 aliphatic heterocycles. The average Bonchev–Trinajstić information content (AvgIpc) is 3.52. The molecule has 200 valence electrons. The van der Waals surface area contributed by atoms with Gasteiger partial charge >= 0.3 is 0 Å². The lowest BCUT2D eigenvalue weighted by molar-refractivity contribution is -0.126. The number of ether oxygens (including phenoxy) is 2. The summed E-state index contributed by atoms with van der Waals surface area (Å²) < 4.78 is 41.7. The maximum Gasteiger partial charge on any atom is 0.272 e. The van der Waals surface area contributed by atoms with Gasteiger partial charge in [-0.05, 0) is 42.3 Å². The van der Waals surface area contributed by atoms with Crippen LogP contribution in [0, 0.1) is 6.92 Å². The molecule has 4 aromatic rings. The Labute approximate surface area is 225 Å². The molecule has 0 unspecified atom stereocenters. The number of nitrogens with one attached hydrogen (secondary N) is 3. The lowest BCUT2D eigenvalue weighted by Crippen LogP contribution is -2.51. The molecule has 0 radical (unpaired) electrons. The van der Waals surface area contributed by atoms with E-state index in [1.54, 1.807) is 30.0 Å². The van der Waals surface area contributed by atoms with Gasteiger partial charge in [0.05, 0.1) is 37.8 Å². The van der Waals surface area contributed by atoms with Crippen LogP contribution >= 0.6 is 11.3 Å². The highest BCUT2D eigenvalue weighted by Gasteiger charge is 2.23. The lowest BCUT2D eigenvalue weighted by Gasteiger charge is -2.22. The number of aryl methyl sites for hydroxylation is 1. The van der Waals surface area contributed by atoms with Gasteiger partial charge < -0.3 is 20.1 Å². The number of morpholine rings is 1. The highest BCUT2D eigenvalue weighted by atomic mass is 32.2. The second kappa shape index (κ2) is 11.1. The van der Waals surface area contributed by atoms with E-state index in [1.165, 1.54) is 11.3 Å². The van der Waals surface area contributed by atoms with Crippen LogP contribution in [0.1, 0.15) is 16.0 Å². The first-order chi connectivity index (χ1) is 18.3. The second-order valence-corrected chi connectivity index (χ2v) is 12.1. The number of aromatic nitrogens is 2. The fourth-order valence-corrected chi connectivity index (χ4v) is 6.64. The topological polar surface area (TPSA) is 124 Å². The number of anilines is 1. The predicted molar refractivity (Wildman–Crippen MR) is 146 cm³/mol. The Bertz CT molecular complexity index is 1560. The second-order valence-electron chi connectivity index (χ2n) is 8.95. The fraction of sp³-hybridized carbons (Fsp3) is 0.308. The molecule has 12 heteroatoms. The Kier molecular flexibility index (Phi) is 7.65. The summed E-state index contributed by atoms with van der Waals surface area (Å²) in [5.41, 5.74) is 2.62. The predicted octanol–water partition coefficient (Wildman–Crippen LogP) is 2.87. The van der Waals surface area contributed by atoms with Crippen molar-refractivity contribution >= 4 is 44.0 Å². The number of thiophene rings is 1. The summed E-state index contributed by atoms with van der Waals surface area (Å²) in [5, 5.41) is 11.3. The third kappa shape index (κ3) is 5.68. The number of hydrogen-bond acceptors (Lipinski definition) is 8. The molecule has 1 atom stereocenters. The van der Waals surface area contributed by atoms with Crippen molar-refractivity contribution in [3.63, 3.8) is 0 Å². The number of carbonyl (C=O) groups is 1. The molecule has 1 amide bonds. The minimum Gasteiger partial charge on any atom is -0.496 e. The first-order valence-electron chi connectivity index (χ1n) is 12.1. The van der Waals surface area contributed by atoms with Crippen LogP contribution in [0.4, 0.5) is 5.82 Å². The molecule has 2 aromatic heterocycles. The van der Waals surface area contributed by atoms with Crippen LogP contribution in [0.3, 0.4) is 0 Å². The summed E-state index contributed by atoms with van der Waals surface area (Å²) in [6.45, 7) is 4.25. The Morgan fingerprint density at radius 2 is 2.03 bits per heavy atom. The molecule has 3 N–H and O–H groups in total. The van der Waals surface area contributed by atoms with E-state index in [0.717, 1.165) is 21.5 Å². The van der Waals surface area contributed by atoms with Crippen LogP contribution in [0.25, 0.3) is 10.9 Å². The van der Waals surface area contributed by atoms with E-state index >= 15 is 0 Å². The molecule has 2 aromatic carbocycles. The van der Waals surface area contributed by atoms with Gasteiger partial charge in [0, 0.05) is 18.0 Å². The lowest BCUT2D eigenvalue weighted by atomic mass is 10.1.